The van der Waals surface area contributed by atoms with Crippen molar-refractivity contribution < 1.29 is 19.7 Å². The fraction of sp³-hybridized carbons (Fsp3) is 0.176. The number of carbonyl (C=O) groups is 1. The number of aliphatic hydroxyl groups is 1. The Labute approximate surface area is 132 Å². The monoisotopic (exact) mass is 312 g/mol. The number of aromatic carboxylic acids is 1. The van der Waals surface area contributed by atoms with E-state index in [0.717, 1.165) is 11.0 Å². The predicted molar refractivity (Wildman–Crippen MR) is 84.6 cm³/mol. The van der Waals surface area contributed by atoms with Crippen molar-refractivity contribution in [1.82, 2.24) is 9.55 Å². The fourth-order valence-electron chi connectivity index (χ4n) is 2.32. The zero-order valence-corrected chi connectivity index (χ0v) is 12.3. The van der Waals surface area contributed by atoms with Crippen molar-refractivity contribution in [3.05, 3.63) is 60.4 Å². The summed E-state index contributed by atoms with van der Waals surface area (Å²) in [5, 5.41) is 19.0. The summed E-state index contributed by atoms with van der Waals surface area (Å²) in [4.78, 5) is 15.0. The molecule has 2 N–H and O–H groups in total. The summed E-state index contributed by atoms with van der Waals surface area (Å²) in [7, 11) is 0. The molecular weight excluding hydrogens is 296 g/mol. The van der Waals surface area contributed by atoms with Crippen LogP contribution in [0, 0.1) is 0 Å². The van der Waals surface area contributed by atoms with Crippen LogP contribution >= 0.6 is 0 Å². The van der Waals surface area contributed by atoms with Crippen LogP contribution in [-0.2, 0) is 6.54 Å². The van der Waals surface area contributed by atoms with Crippen molar-refractivity contribution in [3.63, 3.8) is 0 Å². The molecule has 0 spiro atoms. The van der Waals surface area contributed by atoms with E-state index < -0.39 is 12.1 Å². The third kappa shape index (κ3) is 3.49. The molecule has 3 aromatic rings. The number of imidazole rings is 1. The van der Waals surface area contributed by atoms with E-state index in [9.17, 15) is 9.90 Å². The molecular formula is C17H16N2O4. The number of fused-ring (bicyclic) bond motifs is 1. The second kappa shape index (κ2) is 6.50. The molecule has 0 aliphatic carbocycles. The molecule has 0 aliphatic heterocycles. The van der Waals surface area contributed by atoms with Gasteiger partial charge < -0.3 is 19.5 Å². The Morgan fingerprint density at radius 2 is 1.91 bits per heavy atom. The van der Waals surface area contributed by atoms with E-state index in [1.807, 2.05) is 28.8 Å². The highest BCUT2D eigenvalue weighted by molar-refractivity contribution is 5.87. The Hall–Kier alpha value is -2.86. The van der Waals surface area contributed by atoms with E-state index in [1.54, 1.807) is 18.5 Å². The number of aliphatic hydroxyl groups excluding tert-OH is 1. The Morgan fingerprint density at radius 3 is 2.65 bits per heavy atom. The van der Waals surface area contributed by atoms with Gasteiger partial charge in [-0.3, -0.25) is 0 Å². The number of hydrogen-bond donors (Lipinski definition) is 2. The highest BCUT2D eigenvalue weighted by atomic mass is 16.5. The van der Waals surface area contributed by atoms with Gasteiger partial charge in [0, 0.05) is 0 Å². The smallest absolute Gasteiger partial charge is 0.335 e. The Bertz CT molecular complexity index is 811. The average molecular weight is 312 g/mol. The summed E-state index contributed by atoms with van der Waals surface area (Å²) < 4.78 is 7.36. The number of hydrogen-bond acceptors (Lipinski definition) is 4. The molecule has 6 heteroatoms. The average Bonchev–Trinajstić information content (AvgIpc) is 2.96. The van der Waals surface area contributed by atoms with Gasteiger partial charge in [0.05, 0.1) is 29.5 Å². The normalized spacial score (nSPS) is 12.2. The van der Waals surface area contributed by atoms with Crippen LogP contribution in [0.25, 0.3) is 11.0 Å². The zero-order valence-electron chi connectivity index (χ0n) is 12.3. The molecule has 118 valence electrons. The molecule has 6 nitrogen and oxygen atoms in total. The number of para-hydroxylation sites is 2. The van der Waals surface area contributed by atoms with Crippen molar-refractivity contribution in [3.8, 4) is 5.75 Å². The SMILES string of the molecule is O=C(O)c1ccc(OC[C@@H](O)Cn2cnc3ccccc32)cc1. The van der Waals surface area contributed by atoms with Crippen LogP contribution in [0.3, 0.4) is 0 Å². The number of nitrogens with zero attached hydrogens (tertiary/aromatic N) is 2. The largest absolute Gasteiger partial charge is 0.491 e. The highest BCUT2D eigenvalue weighted by Crippen LogP contribution is 2.14. The number of carboxylic acid groups (broad SMARTS) is 1. The second-order valence-electron chi connectivity index (χ2n) is 5.18. The number of carboxylic acids is 1. The van der Waals surface area contributed by atoms with Gasteiger partial charge in [-0.2, -0.15) is 0 Å². The van der Waals surface area contributed by atoms with Gasteiger partial charge in [0.15, 0.2) is 0 Å². The number of benzene rings is 2. The Kier molecular flexibility index (Phi) is 4.25. The molecule has 0 amide bonds. The summed E-state index contributed by atoms with van der Waals surface area (Å²) in [6.07, 6.45) is 0.988. The van der Waals surface area contributed by atoms with Crippen LogP contribution in [0.2, 0.25) is 0 Å². The van der Waals surface area contributed by atoms with Gasteiger partial charge in [-0.05, 0) is 36.4 Å². The van der Waals surface area contributed by atoms with E-state index >= 15 is 0 Å². The number of ether oxygens (including phenoxy) is 1. The third-order valence-corrected chi connectivity index (χ3v) is 3.48. The zero-order chi connectivity index (χ0) is 16.2. The topological polar surface area (TPSA) is 84.6 Å². The van der Waals surface area contributed by atoms with Crippen molar-refractivity contribution in [2.24, 2.45) is 0 Å². The van der Waals surface area contributed by atoms with Crippen LogP contribution in [0.4, 0.5) is 0 Å². The van der Waals surface area contributed by atoms with Gasteiger partial charge >= 0.3 is 5.97 Å². The maximum Gasteiger partial charge on any atom is 0.335 e. The molecule has 0 saturated heterocycles. The van der Waals surface area contributed by atoms with E-state index in [4.69, 9.17) is 9.84 Å². The lowest BCUT2D eigenvalue weighted by Gasteiger charge is -2.13. The van der Waals surface area contributed by atoms with Crippen LogP contribution in [-0.4, -0.2) is 38.4 Å². The summed E-state index contributed by atoms with van der Waals surface area (Å²) in [6, 6.07) is 13.8. The predicted octanol–water partition coefficient (Wildman–Crippen LogP) is 2.17. The van der Waals surface area contributed by atoms with Gasteiger partial charge in [0.1, 0.15) is 18.5 Å². The maximum atomic E-state index is 10.8. The van der Waals surface area contributed by atoms with Crippen molar-refractivity contribution in [2.75, 3.05) is 6.61 Å². The fourth-order valence-corrected chi connectivity index (χ4v) is 2.32. The Balaban J connectivity index is 1.59. The lowest BCUT2D eigenvalue weighted by Crippen LogP contribution is -2.23. The lowest BCUT2D eigenvalue weighted by molar-refractivity contribution is 0.0696. The molecule has 0 radical (unpaired) electrons. The van der Waals surface area contributed by atoms with Crippen LogP contribution in [0.5, 0.6) is 5.75 Å². The number of aromatic nitrogens is 2. The summed E-state index contributed by atoms with van der Waals surface area (Å²) >= 11 is 0. The first kappa shape index (κ1) is 15.1. The quantitative estimate of drug-likeness (QED) is 0.729. The molecule has 1 heterocycles. The first-order valence-corrected chi connectivity index (χ1v) is 7.17. The van der Waals surface area contributed by atoms with Crippen molar-refractivity contribution in [1.29, 1.82) is 0 Å². The first-order valence-electron chi connectivity index (χ1n) is 7.17. The van der Waals surface area contributed by atoms with Crippen LogP contribution in [0.1, 0.15) is 10.4 Å². The summed E-state index contributed by atoms with van der Waals surface area (Å²) in [5.41, 5.74) is 2.03. The van der Waals surface area contributed by atoms with Crippen LogP contribution < -0.4 is 4.74 Å². The van der Waals surface area contributed by atoms with E-state index in [0.29, 0.717) is 12.3 Å². The molecule has 1 atom stereocenters. The third-order valence-electron chi connectivity index (χ3n) is 3.48. The molecule has 0 saturated carbocycles. The van der Waals surface area contributed by atoms with Gasteiger partial charge in [-0.1, -0.05) is 12.1 Å². The van der Waals surface area contributed by atoms with Gasteiger partial charge in [-0.15, -0.1) is 0 Å². The second-order valence-corrected chi connectivity index (χ2v) is 5.18. The van der Waals surface area contributed by atoms with Gasteiger partial charge in [0.25, 0.3) is 0 Å². The van der Waals surface area contributed by atoms with Gasteiger partial charge in [0.2, 0.25) is 0 Å². The first-order chi connectivity index (χ1) is 11.1. The molecule has 0 unspecified atom stereocenters. The van der Waals surface area contributed by atoms with Crippen molar-refractivity contribution >= 4 is 17.0 Å². The molecule has 3 rings (SSSR count). The minimum Gasteiger partial charge on any atom is -0.491 e. The number of rotatable bonds is 6. The minimum atomic E-state index is -0.983. The van der Waals surface area contributed by atoms with E-state index in [2.05, 4.69) is 4.98 Å². The molecule has 0 aliphatic rings. The van der Waals surface area contributed by atoms with Gasteiger partial charge in [-0.25, -0.2) is 9.78 Å². The highest BCUT2D eigenvalue weighted by Gasteiger charge is 2.10. The molecule has 0 fully saturated rings. The van der Waals surface area contributed by atoms with E-state index in [-0.39, 0.29) is 12.2 Å². The standard InChI is InChI=1S/C17H16N2O4/c20-13(9-19-11-18-15-3-1-2-4-16(15)19)10-23-14-7-5-12(6-8-14)17(21)22/h1-8,11,13,20H,9-10H2,(H,21,22)/t13-/m0/s1. The molecule has 23 heavy (non-hydrogen) atoms. The summed E-state index contributed by atoms with van der Waals surface area (Å²) in [5.74, 6) is -0.465. The van der Waals surface area contributed by atoms with E-state index in [1.165, 1.54) is 12.1 Å². The summed E-state index contributed by atoms with van der Waals surface area (Å²) in [6.45, 7) is 0.479. The lowest BCUT2D eigenvalue weighted by atomic mass is 10.2. The van der Waals surface area contributed by atoms with Crippen molar-refractivity contribution in [2.45, 2.75) is 12.6 Å². The van der Waals surface area contributed by atoms with Crippen LogP contribution in [0.15, 0.2) is 54.9 Å². The molecule has 0 bridgehead atoms. The molecule has 2 aromatic carbocycles. The molecule has 1 aromatic heterocycles. The maximum absolute atomic E-state index is 10.8. The Morgan fingerprint density at radius 1 is 1.17 bits per heavy atom. The minimum absolute atomic E-state index is 0.110.